The third kappa shape index (κ3) is 4.41. The second-order valence-electron chi connectivity index (χ2n) is 7.12. The van der Waals surface area contributed by atoms with Crippen LogP contribution in [-0.4, -0.2) is 14.7 Å². The molecule has 2 aromatic carbocycles. The topological polar surface area (TPSA) is 69.0 Å². The molecular weight excluding hydrogens is 421 g/mol. The lowest BCUT2D eigenvalue weighted by atomic mass is 10.1. The maximum absolute atomic E-state index is 13.3. The molecule has 4 aromatic rings. The number of fused-ring (bicyclic) bond motifs is 1. The molecule has 0 fully saturated rings. The average Bonchev–Trinajstić information content (AvgIpc) is 2.77. The third-order valence-electron chi connectivity index (χ3n) is 4.94. The molecule has 32 heavy (non-hydrogen) atoms. The fourth-order valence-corrected chi connectivity index (χ4v) is 3.41. The van der Waals surface area contributed by atoms with E-state index in [1.807, 2.05) is 30.3 Å². The van der Waals surface area contributed by atoms with Crippen LogP contribution in [0.5, 0.6) is 0 Å². The Balaban J connectivity index is 1.69. The maximum atomic E-state index is 13.3. The van der Waals surface area contributed by atoms with Gasteiger partial charge in [0.1, 0.15) is 12.9 Å². The van der Waals surface area contributed by atoms with Gasteiger partial charge in [0.05, 0.1) is 22.3 Å². The summed E-state index contributed by atoms with van der Waals surface area (Å²) in [7, 11) is 0. The molecule has 2 heterocycles. The monoisotopic (exact) mass is 440 g/mol. The van der Waals surface area contributed by atoms with Crippen LogP contribution in [-0.2, 0) is 19.3 Å². The first kappa shape index (κ1) is 21.4. The van der Waals surface area contributed by atoms with Crippen LogP contribution in [0, 0.1) is 6.92 Å². The highest BCUT2D eigenvalue weighted by Gasteiger charge is 2.32. The van der Waals surface area contributed by atoms with E-state index in [2.05, 4.69) is 15.3 Å². The van der Waals surface area contributed by atoms with Gasteiger partial charge in [-0.05, 0) is 24.1 Å². The number of rotatable bonds is 6. The van der Waals surface area contributed by atoms with Crippen LogP contribution in [0.4, 0.5) is 18.9 Å². The Hall–Kier alpha value is -3.88. The number of hydrogen-bond acceptors (Lipinski definition) is 5. The van der Waals surface area contributed by atoms with E-state index in [1.165, 1.54) is 30.6 Å². The minimum Gasteiger partial charge on any atom is -0.404 e. The number of pyridine rings is 1. The number of nitrogens with zero attached hydrogens (tertiary/aromatic N) is 3. The molecule has 0 unspecified atom stereocenters. The summed E-state index contributed by atoms with van der Waals surface area (Å²) < 4.78 is 41.0. The lowest BCUT2D eigenvalue weighted by molar-refractivity contribution is -0.138. The second-order valence-corrected chi connectivity index (χ2v) is 7.12. The van der Waals surface area contributed by atoms with Gasteiger partial charge in [-0.1, -0.05) is 48.5 Å². The van der Waals surface area contributed by atoms with Crippen molar-refractivity contribution in [3.63, 3.8) is 0 Å². The van der Waals surface area contributed by atoms with Gasteiger partial charge >= 0.3 is 6.18 Å². The van der Waals surface area contributed by atoms with Gasteiger partial charge < -0.3 is 10.2 Å². The summed E-state index contributed by atoms with van der Waals surface area (Å²) in [6.07, 6.45) is -3.17. The fraction of sp³-hybridized carbons (Fsp3) is 0.174. The van der Waals surface area contributed by atoms with E-state index in [1.54, 1.807) is 6.92 Å². The summed E-state index contributed by atoms with van der Waals surface area (Å²) >= 11 is 0. The maximum Gasteiger partial charge on any atom is 0.416 e. The Bertz CT molecular complexity index is 1300. The van der Waals surface area contributed by atoms with Gasteiger partial charge in [0.25, 0.3) is 5.56 Å². The Morgan fingerprint density at radius 3 is 2.50 bits per heavy atom. The Morgan fingerprint density at radius 2 is 1.75 bits per heavy atom. The van der Waals surface area contributed by atoms with E-state index < -0.39 is 17.3 Å². The van der Waals surface area contributed by atoms with Crippen LogP contribution in [0.25, 0.3) is 11.0 Å². The van der Waals surface area contributed by atoms with E-state index in [9.17, 15) is 18.0 Å². The zero-order valence-electron chi connectivity index (χ0n) is 17.1. The van der Waals surface area contributed by atoms with Gasteiger partial charge in [-0.25, -0.2) is 9.97 Å². The molecule has 0 radical (unpaired) electrons. The molecule has 0 aliphatic rings. The van der Waals surface area contributed by atoms with Crippen molar-refractivity contribution in [1.82, 2.24) is 14.7 Å². The minimum absolute atomic E-state index is 0.0622. The number of halogens is 3. The normalized spacial score (nSPS) is 11.5. The van der Waals surface area contributed by atoms with Crippen LogP contribution in [0.1, 0.15) is 22.4 Å². The standard InChI is InChI=1S/C23H19F3N4O2/c1-15-21-19(27-12-17-9-5-6-10-18(17)23(24,25)26)11-20(31)30(22(21)29-14-28-15)32-13-16-7-3-2-4-8-16/h2-11,14,27H,12-13H2,1H3. The number of anilines is 1. The van der Waals surface area contributed by atoms with Gasteiger partial charge in [0, 0.05) is 12.6 Å². The summed E-state index contributed by atoms with van der Waals surface area (Å²) in [5, 5.41) is 3.44. The van der Waals surface area contributed by atoms with Crippen LogP contribution in [0.3, 0.4) is 0 Å². The number of benzene rings is 2. The fourth-order valence-electron chi connectivity index (χ4n) is 3.41. The van der Waals surface area contributed by atoms with Gasteiger partial charge in [-0.2, -0.15) is 13.2 Å². The lowest BCUT2D eigenvalue weighted by Crippen LogP contribution is -2.28. The molecular formula is C23H19F3N4O2. The largest absolute Gasteiger partial charge is 0.416 e. The van der Waals surface area contributed by atoms with E-state index in [0.29, 0.717) is 16.8 Å². The summed E-state index contributed by atoms with van der Waals surface area (Å²) in [6, 6.07) is 15.9. The number of alkyl halides is 3. The zero-order valence-corrected chi connectivity index (χ0v) is 17.1. The first-order valence-electron chi connectivity index (χ1n) is 9.78. The molecule has 0 spiro atoms. The van der Waals surface area contributed by atoms with Crippen molar-refractivity contribution >= 4 is 16.7 Å². The van der Waals surface area contributed by atoms with Crippen molar-refractivity contribution in [2.45, 2.75) is 26.3 Å². The van der Waals surface area contributed by atoms with Gasteiger partial charge in [-0.15, -0.1) is 4.73 Å². The zero-order chi connectivity index (χ0) is 22.7. The van der Waals surface area contributed by atoms with Crippen molar-refractivity contribution in [2.24, 2.45) is 0 Å². The molecule has 0 bridgehead atoms. The predicted octanol–water partition coefficient (Wildman–Crippen LogP) is 4.36. The molecule has 0 atom stereocenters. The first-order valence-corrected chi connectivity index (χ1v) is 9.78. The number of aryl methyl sites for hydroxylation is 1. The first-order chi connectivity index (χ1) is 15.3. The quantitative estimate of drug-likeness (QED) is 0.483. The molecule has 0 amide bonds. The molecule has 0 aliphatic heterocycles. The number of nitrogens with one attached hydrogen (secondary N) is 1. The number of aromatic nitrogens is 3. The van der Waals surface area contributed by atoms with E-state index in [0.717, 1.165) is 16.4 Å². The molecule has 0 saturated carbocycles. The molecule has 4 rings (SSSR count). The lowest BCUT2D eigenvalue weighted by Gasteiger charge is -2.17. The van der Waals surface area contributed by atoms with Crippen LogP contribution >= 0.6 is 0 Å². The molecule has 0 saturated heterocycles. The highest BCUT2D eigenvalue weighted by Crippen LogP contribution is 2.32. The van der Waals surface area contributed by atoms with Crippen molar-refractivity contribution in [2.75, 3.05) is 5.32 Å². The van der Waals surface area contributed by atoms with Gasteiger partial charge in [-0.3, -0.25) is 4.79 Å². The number of hydrogen-bond donors (Lipinski definition) is 1. The SMILES string of the molecule is Cc1ncnc2c1c(NCc1ccccc1C(F)(F)F)cc(=O)n2OCc1ccccc1. The van der Waals surface area contributed by atoms with E-state index >= 15 is 0 Å². The Morgan fingerprint density at radius 1 is 1.03 bits per heavy atom. The molecule has 2 aromatic heterocycles. The summed E-state index contributed by atoms with van der Waals surface area (Å²) in [5.41, 5.74) is 0.810. The van der Waals surface area contributed by atoms with Crippen molar-refractivity contribution in [1.29, 1.82) is 0 Å². The Kier molecular flexibility index (Phi) is 5.81. The molecule has 9 heteroatoms. The second kappa shape index (κ2) is 8.70. The van der Waals surface area contributed by atoms with Crippen LogP contribution in [0.2, 0.25) is 0 Å². The minimum atomic E-state index is -4.48. The average molecular weight is 440 g/mol. The predicted molar refractivity (Wildman–Crippen MR) is 114 cm³/mol. The summed E-state index contributed by atoms with van der Waals surface area (Å²) in [4.78, 5) is 26.9. The highest BCUT2D eigenvalue weighted by atomic mass is 19.4. The Labute approximate surface area is 181 Å². The summed E-state index contributed by atoms with van der Waals surface area (Å²) in [6.45, 7) is 1.74. The molecule has 1 N–H and O–H groups in total. The van der Waals surface area contributed by atoms with Crippen molar-refractivity contribution < 1.29 is 18.0 Å². The van der Waals surface area contributed by atoms with Gasteiger partial charge in [0.2, 0.25) is 0 Å². The van der Waals surface area contributed by atoms with Crippen LogP contribution in [0.15, 0.2) is 71.8 Å². The van der Waals surface area contributed by atoms with Crippen molar-refractivity contribution in [3.8, 4) is 0 Å². The smallest absolute Gasteiger partial charge is 0.404 e. The molecule has 164 valence electrons. The van der Waals surface area contributed by atoms with Crippen LogP contribution < -0.4 is 15.7 Å². The van der Waals surface area contributed by atoms with E-state index in [-0.39, 0.29) is 24.4 Å². The highest BCUT2D eigenvalue weighted by molar-refractivity contribution is 5.90. The third-order valence-corrected chi connectivity index (χ3v) is 4.94. The summed E-state index contributed by atoms with van der Waals surface area (Å²) in [5.74, 6) is 0. The van der Waals surface area contributed by atoms with Gasteiger partial charge in [0.15, 0.2) is 5.65 Å². The van der Waals surface area contributed by atoms with Crippen molar-refractivity contribution in [3.05, 3.63) is 99.7 Å². The molecule has 0 aliphatic carbocycles. The molecule has 6 nitrogen and oxygen atoms in total. The van der Waals surface area contributed by atoms with E-state index in [4.69, 9.17) is 4.84 Å².